The molecule has 0 aromatic carbocycles. The van der Waals surface area contributed by atoms with Gasteiger partial charge in [0.2, 0.25) is 0 Å². The van der Waals surface area contributed by atoms with E-state index in [0.29, 0.717) is 0 Å². The quantitative estimate of drug-likeness (QED) is 0.838. The maximum absolute atomic E-state index is 4.43. The Morgan fingerprint density at radius 3 is 2.81 bits per heavy atom. The lowest BCUT2D eigenvalue weighted by molar-refractivity contribution is 0.374. The van der Waals surface area contributed by atoms with E-state index < -0.39 is 0 Å². The van der Waals surface area contributed by atoms with Gasteiger partial charge in [-0.2, -0.15) is 0 Å². The van der Waals surface area contributed by atoms with Gasteiger partial charge in [0.05, 0.1) is 0 Å². The second kappa shape index (κ2) is 5.85. The second-order valence-electron chi connectivity index (χ2n) is 4.42. The standard InChI is InChI=1S/C13H21N3/c1-2-16(13-5-3-4-8-15-13)11-12-6-9-14-10-7-12/h3-5,8,12,14H,2,6-7,9-11H2,1H3. The highest BCUT2D eigenvalue weighted by Gasteiger charge is 2.16. The third kappa shape index (κ3) is 2.95. The number of anilines is 1. The minimum absolute atomic E-state index is 0.822. The Morgan fingerprint density at radius 2 is 2.19 bits per heavy atom. The van der Waals surface area contributed by atoms with Crippen molar-refractivity contribution in [3.63, 3.8) is 0 Å². The Balaban J connectivity index is 1.94. The van der Waals surface area contributed by atoms with Crippen molar-refractivity contribution in [3.8, 4) is 0 Å². The highest BCUT2D eigenvalue weighted by Crippen LogP contribution is 2.17. The molecule has 1 saturated heterocycles. The van der Waals surface area contributed by atoms with E-state index in [1.165, 1.54) is 25.9 Å². The van der Waals surface area contributed by atoms with Crippen molar-refractivity contribution in [3.05, 3.63) is 24.4 Å². The third-order valence-electron chi connectivity index (χ3n) is 3.29. The van der Waals surface area contributed by atoms with Gasteiger partial charge in [0.25, 0.3) is 0 Å². The smallest absolute Gasteiger partial charge is 0.128 e. The Labute approximate surface area is 97.9 Å². The fourth-order valence-corrected chi connectivity index (χ4v) is 2.30. The van der Waals surface area contributed by atoms with Gasteiger partial charge < -0.3 is 10.2 Å². The van der Waals surface area contributed by atoms with Crippen molar-refractivity contribution in [2.75, 3.05) is 31.1 Å². The molecule has 0 bridgehead atoms. The van der Waals surface area contributed by atoms with Crippen LogP contribution in [0.3, 0.4) is 0 Å². The van der Waals surface area contributed by atoms with E-state index in [1.54, 1.807) is 0 Å². The van der Waals surface area contributed by atoms with Gasteiger partial charge >= 0.3 is 0 Å². The van der Waals surface area contributed by atoms with Gasteiger partial charge in [-0.25, -0.2) is 4.98 Å². The number of nitrogens with zero attached hydrogens (tertiary/aromatic N) is 2. The number of aromatic nitrogens is 1. The molecule has 0 amide bonds. The predicted octanol–water partition coefficient (Wildman–Crippen LogP) is 1.91. The zero-order valence-electron chi connectivity index (χ0n) is 10.0. The van der Waals surface area contributed by atoms with E-state index in [2.05, 4.69) is 34.3 Å². The van der Waals surface area contributed by atoms with Crippen LogP contribution in [0.15, 0.2) is 24.4 Å². The maximum Gasteiger partial charge on any atom is 0.128 e. The van der Waals surface area contributed by atoms with E-state index in [0.717, 1.165) is 24.8 Å². The first-order valence-corrected chi connectivity index (χ1v) is 6.27. The molecule has 2 heterocycles. The minimum atomic E-state index is 0.822. The molecule has 2 rings (SSSR count). The van der Waals surface area contributed by atoms with Gasteiger partial charge in [0, 0.05) is 19.3 Å². The summed E-state index contributed by atoms with van der Waals surface area (Å²) in [6.07, 6.45) is 4.47. The molecule has 0 atom stereocenters. The van der Waals surface area contributed by atoms with Crippen molar-refractivity contribution in [2.24, 2.45) is 5.92 Å². The van der Waals surface area contributed by atoms with E-state index in [-0.39, 0.29) is 0 Å². The van der Waals surface area contributed by atoms with Crippen molar-refractivity contribution >= 4 is 5.82 Å². The van der Waals surface area contributed by atoms with Gasteiger partial charge in [-0.15, -0.1) is 0 Å². The molecule has 0 saturated carbocycles. The van der Waals surface area contributed by atoms with Crippen LogP contribution in [0.4, 0.5) is 5.82 Å². The number of hydrogen-bond acceptors (Lipinski definition) is 3. The topological polar surface area (TPSA) is 28.2 Å². The summed E-state index contributed by atoms with van der Waals surface area (Å²) in [6, 6.07) is 6.14. The monoisotopic (exact) mass is 219 g/mol. The zero-order chi connectivity index (χ0) is 11.2. The summed E-state index contributed by atoms with van der Waals surface area (Å²) < 4.78 is 0. The molecule has 3 heteroatoms. The molecular formula is C13H21N3. The van der Waals surface area contributed by atoms with Crippen molar-refractivity contribution in [1.29, 1.82) is 0 Å². The fourth-order valence-electron chi connectivity index (χ4n) is 2.30. The lowest BCUT2D eigenvalue weighted by Gasteiger charge is -2.30. The van der Waals surface area contributed by atoms with Gasteiger partial charge in [0.1, 0.15) is 5.82 Å². The van der Waals surface area contributed by atoms with Gasteiger partial charge in [-0.3, -0.25) is 0 Å². The van der Waals surface area contributed by atoms with Crippen LogP contribution in [-0.2, 0) is 0 Å². The summed E-state index contributed by atoms with van der Waals surface area (Å²) in [5, 5.41) is 3.41. The van der Waals surface area contributed by atoms with Crippen molar-refractivity contribution in [2.45, 2.75) is 19.8 Å². The Morgan fingerprint density at radius 1 is 1.38 bits per heavy atom. The number of pyridine rings is 1. The molecule has 1 aromatic rings. The van der Waals surface area contributed by atoms with Crippen molar-refractivity contribution < 1.29 is 0 Å². The number of piperidine rings is 1. The molecular weight excluding hydrogens is 198 g/mol. The molecule has 0 unspecified atom stereocenters. The molecule has 16 heavy (non-hydrogen) atoms. The van der Waals surface area contributed by atoms with Crippen LogP contribution in [0.2, 0.25) is 0 Å². The van der Waals surface area contributed by atoms with E-state index in [9.17, 15) is 0 Å². The maximum atomic E-state index is 4.43. The molecule has 1 aliphatic rings. The number of nitrogens with one attached hydrogen (secondary N) is 1. The third-order valence-corrected chi connectivity index (χ3v) is 3.29. The van der Waals surface area contributed by atoms with E-state index in [1.807, 2.05) is 12.3 Å². The molecule has 3 nitrogen and oxygen atoms in total. The lowest BCUT2D eigenvalue weighted by Crippen LogP contribution is -2.36. The van der Waals surface area contributed by atoms with Crippen LogP contribution in [-0.4, -0.2) is 31.2 Å². The number of hydrogen-bond donors (Lipinski definition) is 1. The van der Waals surface area contributed by atoms with Crippen LogP contribution in [0.1, 0.15) is 19.8 Å². The minimum Gasteiger partial charge on any atom is -0.357 e. The van der Waals surface area contributed by atoms with Crippen LogP contribution in [0, 0.1) is 5.92 Å². The summed E-state index contributed by atoms with van der Waals surface area (Å²) in [5.74, 6) is 1.94. The van der Waals surface area contributed by atoms with E-state index >= 15 is 0 Å². The molecule has 0 radical (unpaired) electrons. The van der Waals surface area contributed by atoms with Crippen LogP contribution >= 0.6 is 0 Å². The molecule has 1 fully saturated rings. The Kier molecular flexibility index (Phi) is 4.17. The second-order valence-corrected chi connectivity index (χ2v) is 4.42. The molecule has 0 aliphatic carbocycles. The lowest BCUT2D eigenvalue weighted by atomic mass is 9.97. The summed E-state index contributed by atoms with van der Waals surface area (Å²) in [7, 11) is 0. The highest BCUT2D eigenvalue weighted by atomic mass is 15.2. The van der Waals surface area contributed by atoms with Crippen LogP contribution in [0.5, 0.6) is 0 Å². The van der Waals surface area contributed by atoms with Gasteiger partial charge in [0.15, 0.2) is 0 Å². The molecule has 1 N–H and O–H groups in total. The summed E-state index contributed by atoms with van der Waals surface area (Å²) >= 11 is 0. The van der Waals surface area contributed by atoms with Gasteiger partial charge in [-0.05, 0) is 50.9 Å². The number of rotatable bonds is 4. The average molecular weight is 219 g/mol. The Hall–Kier alpha value is -1.09. The largest absolute Gasteiger partial charge is 0.357 e. The molecule has 1 aliphatic heterocycles. The first-order valence-electron chi connectivity index (χ1n) is 6.27. The first-order chi connectivity index (χ1) is 7.90. The Bertz CT molecular complexity index is 293. The zero-order valence-corrected chi connectivity index (χ0v) is 10.0. The fraction of sp³-hybridized carbons (Fsp3) is 0.615. The summed E-state index contributed by atoms with van der Waals surface area (Å²) in [5.41, 5.74) is 0. The summed E-state index contributed by atoms with van der Waals surface area (Å²) in [6.45, 7) is 6.74. The highest BCUT2D eigenvalue weighted by molar-refractivity contribution is 5.37. The first kappa shape index (κ1) is 11.4. The SMILES string of the molecule is CCN(CC1CCNCC1)c1ccccn1. The predicted molar refractivity (Wildman–Crippen MR) is 67.7 cm³/mol. The van der Waals surface area contributed by atoms with Gasteiger partial charge in [-0.1, -0.05) is 6.07 Å². The summed E-state index contributed by atoms with van der Waals surface area (Å²) in [4.78, 5) is 6.81. The van der Waals surface area contributed by atoms with E-state index in [4.69, 9.17) is 0 Å². The molecule has 0 spiro atoms. The normalized spacial score (nSPS) is 17.3. The van der Waals surface area contributed by atoms with Crippen LogP contribution < -0.4 is 10.2 Å². The van der Waals surface area contributed by atoms with Crippen LogP contribution in [0.25, 0.3) is 0 Å². The average Bonchev–Trinajstić information content (AvgIpc) is 2.38. The van der Waals surface area contributed by atoms with Crippen molar-refractivity contribution in [1.82, 2.24) is 10.3 Å². The molecule has 88 valence electrons. The molecule has 1 aromatic heterocycles.